The summed E-state index contributed by atoms with van der Waals surface area (Å²) < 4.78 is 9.93. The highest BCUT2D eigenvalue weighted by atomic mass is 35.5. The van der Waals surface area contributed by atoms with Crippen LogP contribution in [-0.4, -0.2) is 16.7 Å². The van der Waals surface area contributed by atoms with Crippen molar-refractivity contribution in [3.05, 3.63) is 11.7 Å². The van der Waals surface area contributed by atoms with Crippen molar-refractivity contribution in [2.75, 3.05) is 6.61 Å². The topological polar surface area (TPSA) is 48.2 Å². The van der Waals surface area contributed by atoms with Gasteiger partial charge in [-0.25, -0.2) is 0 Å². The predicted octanol–water partition coefficient (Wildman–Crippen LogP) is 1.91. The van der Waals surface area contributed by atoms with Gasteiger partial charge in [-0.05, 0) is 13.8 Å². The Bertz CT molecular complexity index is 237. The van der Waals surface area contributed by atoms with Crippen molar-refractivity contribution < 1.29 is 9.26 Å². The molecule has 1 aromatic rings. The summed E-state index contributed by atoms with van der Waals surface area (Å²) >= 11 is 5.71. The molecule has 1 unspecified atom stereocenters. The number of alkyl halides is 1. The highest BCUT2D eigenvalue weighted by Crippen LogP contribution is 2.16. The van der Waals surface area contributed by atoms with E-state index in [2.05, 4.69) is 10.1 Å². The van der Waals surface area contributed by atoms with E-state index in [-0.39, 0.29) is 5.38 Å². The molecule has 5 heteroatoms. The summed E-state index contributed by atoms with van der Waals surface area (Å²) in [7, 11) is 0. The molecule has 4 nitrogen and oxygen atoms in total. The summed E-state index contributed by atoms with van der Waals surface area (Å²) in [4.78, 5) is 4.01. The van der Waals surface area contributed by atoms with Gasteiger partial charge >= 0.3 is 0 Å². The summed E-state index contributed by atoms with van der Waals surface area (Å²) in [5, 5.41) is 3.44. The van der Waals surface area contributed by atoms with Crippen LogP contribution in [0.1, 0.15) is 30.9 Å². The number of ether oxygens (including phenoxy) is 1. The maximum absolute atomic E-state index is 5.71. The molecule has 0 spiro atoms. The first-order chi connectivity index (χ1) is 5.74. The third-order valence-electron chi connectivity index (χ3n) is 1.26. The molecule has 0 bridgehead atoms. The minimum absolute atomic E-state index is 0.243. The van der Waals surface area contributed by atoms with Crippen LogP contribution in [0.5, 0.6) is 0 Å². The van der Waals surface area contributed by atoms with Crippen molar-refractivity contribution >= 4 is 11.6 Å². The molecule has 0 aliphatic carbocycles. The third kappa shape index (κ3) is 2.46. The lowest BCUT2D eigenvalue weighted by atomic mass is 10.5. The second-order valence-corrected chi connectivity index (χ2v) is 2.96. The van der Waals surface area contributed by atoms with Crippen LogP contribution in [-0.2, 0) is 11.3 Å². The molecule has 1 heterocycles. The zero-order valence-electron chi connectivity index (χ0n) is 7.08. The van der Waals surface area contributed by atoms with Gasteiger partial charge in [-0.3, -0.25) is 0 Å². The standard InChI is InChI=1S/C7H11ClN2O2/c1-3-11-4-6-9-7(5(2)8)12-10-6/h5H,3-4H2,1-2H3. The van der Waals surface area contributed by atoms with Crippen LogP contribution in [0.25, 0.3) is 0 Å². The minimum Gasteiger partial charge on any atom is -0.374 e. The van der Waals surface area contributed by atoms with Crippen LogP contribution < -0.4 is 0 Å². The van der Waals surface area contributed by atoms with E-state index >= 15 is 0 Å². The van der Waals surface area contributed by atoms with E-state index in [1.165, 1.54) is 0 Å². The van der Waals surface area contributed by atoms with Gasteiger partial charge in [0.05, 0.1) is 0 Å². The van der Waals surface area contributed by atoms with Crippen molar-refractivity contribution in [2.24, 2.45) is 0 Å². The normalized spacial score (nSPS) is 13.2. The van der Waals surface area contributed by atoms with Crippen LogP contribution in [0, 0.1) is 0 Å². The Kier molecular flexibility index (Phi) is 3.49. The number of hydrogen-bond donors (Lipinski definition) is 0. The Balaban J connectivity index is 2.52. The van der Waals surface area contributed by atoms with Crippen molar-refractivity contribution in [1.29, 1.82) is 0 Å². The van der Waals surface area contributed by atoms with Gasteiger partial charge in [0, 0.05) is 6.61 Å². The average Bonchev–Trinajstić information content (AvgIpc) is 2.48. The van der Waals surface area contributed by atoms with Crippen LogP contribution in [0.2, 0.25) is 0 Å². The highest BCUT2D eigenvalue weighted by Gasteiger charge is 2.10. The first-order valence-electron chi connectivity index (χ1n) is 3.78. The van der Waals surface area contributed by atoms with Crippen LogP contribution in [0.15, 0.2) is 4.52 Å². The van der Waals surface area contributed by atoms with E-state index in [1.54, 1.807) is 6.92 Å². The Hall–Kier alpha value is -0.610. The quantitative estimate of drug-likeness (QED) is 0.681. The molecule has 68 valence electrons. The van der Waals surface area contributed by atoms with Crippen molar-refractivity contribution in [3.63, 3.8) is 0 Å². The Morgan fingerprint density at radius 1 is 1.67 bits per heavy atom. The number of hydrogen-bond acceptors (Lipinski definition) is 4. The lowest BCUT2D eigenvalue weighted by Gasteiger charge is -1.92. The van der Waals surface area contributed by atoms with E-state index in [4.69, 9.17) is 20.9 Å². The average molecular weight is 191 g/mol. The Morgan fingerprint density at radius 3 is 2.92 bits per heavy atom. The fourth-order valence-electron chi connectivity index (χ4n) is 0.681. The van der Waals surface area contributed by atoms with E-state index in [9.17, 15) is 0 Å². The van der Waals surface area contributed by atoms with Crippen molar-refractivity contribution in [1.82, 2.24) is 10.1 Å². The van der Waals surface area contributed by atoms with Gasteiger partial charge in [-0.2, -0.15) is 4.98 Å². The fourth-order valence-corrected chi connectivity index (χ4v) is 0.770. The molecule has 1 aromatic heterocycles. The van der Waals surface area contributed by atoms with Crippen LogP contribution in [0.3, 0.4) is 0 Å². The summed E-state index contributed by atoms with van der Waals surface area (Å²) in [5.74, 6) is 0.978. The van der Waals surface area contributed by atoms with Gasteiger partial charge in [0.25, 0.3) is 0 Å². The molecule has 0 fully saturated rings. The first kappa shape index (κ1) is 9.48. The first-order valence-corrected chi connectivity index (χ1v) is 4.22. The second-order valence-electron chi connectivity index (χ2n) is 2.30. The predicted molar refractivity (Wildman–Crippen MR) is 43.9 cm³/mol. The molecule has 1 rings (SSSR count). The van der Waals surface area contributed by atoms with Gasteiger partial charge in [-0.1, -0.05) is 5.16 Å². The van der Waals surface area contributed by atoms with Crippen LogP contribution in [0.4, 0.5) is 0 Å². The lowest BCUT2D eigenvalue weighted by molar-refractivity contribution is 0.126. The summed E-state index contributed by atoms with van der Waals surface area (Å²) in [6.45, 7) is 4.70. The molecule has 0 saturated carbocycles. The maximum Gasteiger partial charge on any atom is 0.244 e. The molecule has 0 N–H and O–H groups in total. The molecule has 1 atom stereocenters. The SMILES string of the molecule is CCOCc1noc(C(C)Cl)n1. The van der Waals surface area contributed by atoms with Gasteiger partial charge in [-0.15, -0.1) is 11.6 Å². The van der Waals surface area contributed by atoms with Gasteiger partial charge in [0.2, 0.25) is 5.89 Å². The highest BCUT2D eigenvalue weighted by molar-refractivity contribution is 6.20. The van der Waals surface area contributed by atoms with Gasteiger partial charge < -0.3 is 9.26 Å². The minimum atomic E-state index is -0.243. The van der Waals surface area contributed by atoms with E-state index in [0.717, 1.165) is 0 Å². The molecule has 0 aliphatic rings. The number of halogens is 1. The summed E-state index contributed by atoms with van der Waals surface area (Å²) in [5.41, 5.74) is 0. The smallest absolute Gasteiger partial charge is 0.244 e. The zero-order valence-corrected chi connectivity index (χ0v) is 7.84. The molecule has 0 radical (unpaired) electrons. The lowest BCUT2D eigenvalue weighted by Crippen LogP contribution is -1.94. The van der Waals surface area contributed by atoms with Crippen LogP contribution >= 0.6 is 11.6 Å². The maximum atomic E-state index is 5.71. The van der Waals surface area contributed by atoms with E-state index in [0.29, 0.717) is 24.9 Å². The third-order valence-corrected chi connectivity index (χ3v) is 1.45. The molecule has 0 amide bonds. The van der Waals surface area contributed by atoms with Gasteiger partial charge in [0.1, 0.15) is 12.0 Å². The summed E-state index contributed by atoms with van der Waals surface area (Å²) in [6, 6.07) is 0. The fraction of sp³-hybridized carbons (Fsp3) is 0.714. The molecule has 12 heavy (non-hydrogen) atoms. The number of nitrogens with zero attached hydrogens (tertiary/aromatic N) is 2. The number of aromatic nitrogens is 2. The monoisotopic (exact) mass is 190 g/mol. The van der Waals surface area contributed by atoms with Crippen molar-refractivity contribution in [3.8, 4) is 0 Å². The Labute approximate surface area is 75.9 Å². The summed E-state index contributed by atoms with van der Waals surface area (Å²) in [6.07, 6.45) is 0. The molecular formula is C7H11ClN2O2. The molecule has 0 saturated heterocycles. The Morgan fingerprint density at radius 2 is 2.42 bits per heavy atom. The number of rotatable bonds is 4. The molecule has 0 aliphatic heterocycles. The largest absolute Gasteiger partial charge is 0.374 e. The van der Waals surface area contributed by atoms with E-state index in [1.807, 2.05) is 6.92 Å². The zero-order chi connectivity index (χ0) is 8.97. The molecular weight excluding hydrogens is 180 g/mol. The van der Waals surface area contributed by atoms with Gasteiger partial charge in [0.15, 0.2) is 5.82 Å². The molecule has 0 aromatic carbocycles. The van der Waals surface area contributed by atoms with E-state index < -0.39 is 0 Å². The second kappa shape index (κ2) is 4.42. The van der Waals surface area contributed by atoms with Crippen molar-refractivity contribution in [2.45, 2.75) is 25.8 Å².